The molecule has 0 aliphatic rings. The topological polar surface area (TPSA) is 41.6 Å². The molecule has 3 heteroatoms. The van der Waals surface area contributed by atoms with E-state index in [1.807, 2.05) is 16.7 Å². The van der Waals surface area contributed by atoms with Crippen molar-refractivity contribution in [3.8, 4) is 6.07 Å². The molecule has 0 amide bonds. The van der Waals surface area contributed by atoms with Crippen LogP contribution in [0.1, 0.15) is 0 Å². The van der Waals surface area contributed by atoms with Crippen LogP contribution in [0.15, 0.2) is 42.7 Å². The van der Waals surface area contributed by atoms with Crippen molar-refractivity contribution >= 4 is 21.8 Å². The van der Waals surface area contributed by atoms with E-state index >= 15 is 0 Å². The summed E-state index contributed by atoms with van der Waals surface area (Å²) in [5.74, 6) is 0. The van der Waals surface area contributed by atoms with E-state index in [-0.39, 0.29) is 0 Å². The van der Waals surface area contributed by atoms with Crippen LogP contribution in [0, 0.1) is 11.3 Å². The van der Waals surface area contributed by atoms with Gasteiger partial charge in [0.05, 0.1) is 23.4 Å². The van der Waals surface area contributed by atoms with Gasteiger partial charge in [-0.25, -0.2) is 4.98 Å². The van der Waals surface area contributed by atoms with Crippen molar-refractivity contribution in [3.05, 3.63) is 42.7 Å². The molecular weight excluding hydrogens is 198 g/mol. The van der Waals surface area contributed by atoms with Crippen LogP contribution in [0.3, 0.4) is 0 Å². The molecular formula is C13H9N3. The fourth-order valence-corrected chi connectivity index (χ4v) is 1.95. The maximum absolute atomic E-state index is 8.71. The lowest BCUT2D eigenvalue weighted by Gasteiger charge is -2.00. The minimum absolute atomic E-state index is 0.342. The van der Waals surface area contributed by atoms with Crippen LogP contribution < -0.4 is 0 Å². The lowest BCUT2D eigenvalue weighted by atomic mass is 10.1. The molecule has 0 fully saturated rings. The Morgan fingerprint density at radius 1 is 1.19 bits per heavy atom. The van der Waals surface area contributed by atoms with Crippen molar-refractivity contribution in [2.24, 2.45) is 0 Å². The van der Waals surface area contributed by atoms with Gasteiger partial charge in [-0.3, -0.25) is 0 Å². The van der Waals surface area contributed by atoms with E-state index in [9.17, 15) is 0 Å². The van der Waals surface area contributed by atoms with E-state index in [4.69, 9.17) is 5.26 Å². The molecule has 2 aromatic carbocycles. The van der Waals surface area contributed by atoms with Crippen LogP contribution >= 0.6 is 0 Å². The van der Waals surface area contributed by atoms with Gasteiger partial charge in [0, 0.05) is 0 Å². The van der Waals surface area contributed by atoms with E-state index in [1.54, 1.807) is 6.33 Å². The third-order valence-electron chi connectivity index (χ3n) is 2.73. The van der Waals surface area contributed by atoms with Gasteiger partial charge in [0.1, 0.15) is 6.54 Å². The Hall–Kier alpha value is -2.34. The zero-order valence-corrected chi connectivity index (χ0v) is 8.59. The second kappa shape index (κ2) is 3.35. The quantitative estimate of drug-likeness (QED) is 0.615. The van der Waals surface area contributed by atoms with Gasteiger partial charge < -0.3 is 4.57 Å². The summed E-state index contributed by atoms with van der Waals surface area (Å²) in [6.07, 6.45) is 1.72. The Morgan fingerprint density at radius 3 is 2.69 bits per heavy atom. The molecule has 0 aliphatic heterocycles. The van der Waals surface area contributed by atoms with E-state index < -0.39 is 0 Å². The molecule has 16 heavy (non-hydrogen) atoms. The maximum atomic E-state index is 8.71. The summed E-state index contributed by atoms with van der Waals surface area (Å²) < 4.78 is 1.86. The largest absolute Gasteiger partial charge is 0.317 e. The van der Waals surface area contributed by atoms with E-state index in [1.165, 1.54) is 10.8 Å². The van der Waals surface area contributed by atoms with Crippen LogP contribution in [-0.4, -0.2) is 9.55 Å². The number of hydrogen-bond donors (Lipinski definition) is 0. The van der Waals surface area contributed by atoms with Crippen LogP contribution in [0.5, 0.6) is 0 Å². The van der Waals surface area contributed by atoms with Crippen molar-refractivity contribution < 1.29 is 0 Å². The fraction of sp³-hybridized carbons (Fsp3) is 0.0769. The Kier molecular flexibility index (Phi) is 1.87. The molecule has 76 valence electrons. The first-order valence-electron chi connectivity index (χ1n) is 5.09. The molecule has 0 unspecified atom stereocenters. The Bertz CT molecular complexity index is 704. The van der Waals surface area contributed by atoms with Gasteiger partial charge in [-0.2, -0.15) is 5.26 Å². The number of aromatic nitrogens is 2. The summed E-state index contributed by atoms with van der Waals surface area (Å²) in [6, 6.07) is 14.4. The number of nitriles is 1. The highest BCUT2D eigenvalue weighted by molar-refractivity contribution is 5.95. The minimum Gasteiger partial charge on any atom is -0.317 e. The van der Waals surface area contributed by atoms with Crippen molar-refractivity contribution in [2.75, 3.05) is 0 Å². The van der Waals surface area contributed by atoms with Crippen molar-refractivity contribution in [3.63, 3.8) is 0 Å². The minimum atomic E-state index is 0.342. The van der Waals surface area contributed by atoms with Gasteiger partial charge in [0.15, 0.2) is 0 Å². The maximum Gasteiger partial charge on any atom is 0.111 e. The summed E-state index contributed by atoms with van der Waals surface area (Å²) in [6.45, 7) is 0.342. The normalized spacial score (nSPS) is 10.7. The molecule has 0 spiro atoms. The lowest BCUT2D eigenvalue weighted by molar-refractivity contribution is 0.860. The smallest absolute Gasteiger partial charge is 0.111 e. The highest BCUT2D eigenvalue weighted by Gasteiger charge is 2.03. The molecule has 0 bridgehead atoms. The van der Waals surface area contributed by atoms with Crippen molar-refractivity contribution in [1.29, 1.82) is 5.26 Å². The van der Waals surface area contributed by atoms with Gasteiger partial charge in [0.25, 0.3) is 0 Å². The molecule has 0 atom stereocenters. The van der Waals surface area contributed by atoms with Crippen LogP contribution in [0.2, 0.25) is 0 Å². The molecule has 1 aromatic heterocycles. The second-order valence-electron chi connectivity index (χ2n) is 3.72. The Labute approximate surface area is 92.6 Å². The Balaban J connectivity index is 2.37. The van der Waals surface area contributed by atoms with Gasteiger partial charge in [-0.15, -0.1) is 0 Å². The van der Waals surface area contributed by atoms with E-state index in [0.717, 1.165) is 11.0 Å². The number of imidazole rings is 1. The summed E-state index contributed by atoms with van der Waals surface area (Å²) in [5, 5.41) is 11.1. The van der Waals surface area contributed by atoms with E-state index in [2.05, 4.69) is 35.3 Å². The molecule has 0 radical (unpaired) electrons. The standard InChI is InChI=1S/C13H9N3/c14-5-6-16-9-15-12-7-10-3-1-2-4-11(10)8-13(12)16/h1-4,7-9H,6H2. The third kappa shape index (κ3) is 1.24. The SMILES string of the molecule is N#CCn1cnc2cc3ccccc3cc21. The predicted molar refractivity (Wildman–Crippen MR) is 62.9 cm³/mol. The zero-order chi connectivity index (χ0) is 11.0. The fourth-order valence-electron chi connectivity index (χ4n) is 1.95. The third-order valence-corrected chi connectivity index (χ3v) is 2.73. The number of hydrogen-bond acceptors (Lipinski definition) is 2. The summed E-state index contributed by atoms with van der Waals surface area (Å²) in [4.78, 5) is 4.30. The number of fused-ring (bicyclic) bond motifs is 2. The molecule has 3 rings (SSSR count). The highest BCUT2D eigenvalue weighted by Crippen LogP contribution is 2.21. The van der Waals surface area contributed by atoms with Crippen LogP contribution in [0.25, 0.3) is 21.8 Å². The number of benzene rings is 2. The van der Waals surface area contributed by atoms with Gasteiger partial charge in [-0.1, -0.05) is 24.3 Å². The predicted octanol–water partition coefficient (Wildman–Crippen LogP) is 2.71. The number of rotatable bonds is 1. The van der Waals surface area contributed by atoms with Gasteiger partial charge >= 0.3 is 0 Å². The van der Waals surface area contributed by atoms with Crippen LogP contribution in [-0.2, 0) is 6.54 Å². The number of nitrogens with zero attached hydrogens (tertiary/aromatic N) is 3. The molecule has 0 aliphatic carbocycles. The molecule has 0 saturated carbocycles. The highest BCUT2D eigenvalue weighted by atomic mass is 15.0. The van der Waals surface area contributed by atoms with Gasteiger partial charge in [0.2, 0.25) is 0 Å². The zero-order valence-electron chi connectivity index (χ0n) is 8.59. The van der Waals surface area contributed by atoms with Crippen LogP contribution in [0.4, 0.5) is 0 Å². The summed E-state index contributed by atoms with van der Waals surface area (Å²) in [7, 11) is 0. The first kappa shape index (κ1) is 8.93. The van der Waals surface area contributed by atoms with Crippen molar-refractivity contribution in [2.45, 2.75) is 6.54 Å². The first-order chi connectivity index (χ1) is 7.88. The van der Waals surface area contributed by atoms with E-state index in [0.29, 0.717) is 6.54 Å². The molecule has 1 heterocycles. The molecule has 3 aromatic rings. The average Bonchev–Trinajstić information content (AvgIpc) is 2.70. The lowest BCUT2D eigenvalue weighted by Crippen LogP contribution is -1.92. The average molecular weight is 207 g/mol. The monoisotopic (exact) mass is 207 g/mol. The molecule has 0 saturated heterocycles. The summed E-state index contributed by atoms with van der Waals surface area (Å²) >= 11 is 0. The second-order valence-corrected chi connectivity index (χ2v) is 3.72. The van der Waals surface area contributed by atoms with Crippen molar-refractivity contribution in [1.82, 2.24) is 9.55 Å². The van der Waals surface area contributed by atoms with Gasteiger partial charge in [-0.05, 0) is 22.9 Å². The molecule has 0 N–H and O–H groups in total. The molecule has 3 nitrogen and oxygen atoms in total. The summed E-state index contributed by atoms with van der Waals surface area (Å²) in [5.41, 5.74) is 1.95. The first-order valence-corrected chi connectivity index (χ1v) is 5.09. The Morgan fingerprint density at radius 2 is 1.94 bits per heavy atom.